The van der Waals surface area contributed by atoms with Crippen LogP contribution in [0.25, 0.3) is 0 Å². The van der Waals surface area contributed by atoms with Crippen LogP contribution in [-0.2, 0) is 17.6 Å². The van der Waals surface area contributed by atoms with Crippen LogP contribution in [0.4, 0.5) is 9.52 Å². The maximum Gasteiger partial charge on any atom is 0.312 e. The predicted molar refractivity (Wildman–Crippen MR) is 79.4 cm³/mol. The van der Waals surface area contributed by atoms with Gasteiger partial charge in [0.15, 0.2) is 5.13 Å². The molecule has 0 spiro atoms. The largest absolute Gasteiger partial charge is 0.481 e. The maximum absolute atomic E-state index is 12.8. The van der Waals surface area contributed by atoms with Crippen molar-refractivity contribution in [1.82, 2.24) is 4.98 Å². The molecule has 1 aliphatic rings. The van der Waals surface area contributed by atoms with Gasteiger partial charge in [-0.25, -0.2) is 9.37 Å². The van der Waals surface area contributed by atoms with E-state index in [4.69, 9.17) is 5.11 Å². The van der Waals surface area contributed by atoms with Crippen LogP contribution in [0.3, 0.4) is 0 Å². The molecule has 6 heteroatoms. The van der Waals surface area contributed by atoms with E-state index in [1.54, 1.807) is 12.1 Å². The predicted octanol–water partition coefficient (Wildman–Crippen LogP) is 3.05. The third-order valence-electron chi connectivity index (χ3n) is 3.62. The van der Waals surface area contributed by atoms with Crippen molar-refractivity contribution in [3.63, 3.8) is 0 Å². The average Bonchev–Trinajstić information content (AvgIpc) is 3.00. The fraction of sp³-hybridized carbons (Fsp3) is 0.333. The summed E-state index contributed by atoms with van der Waals surface area (Å²) in [6.45, 7) is 0.690. The van der Waals surface area contributed by atoms with E-state index in [0.29, 0.717) is 13.0 Å². The van der Waals surface area contributed by atoms with Crippen LogP contribution >= 0.6 is 11.3 Å². The summed E-state index contributed by atoms with van der Waals surface area (Å²) in [5, 5.41) is 13.1. The Kier molecular flexibility index (Phi) is 3.88. The molecule has 1 aromatic carbocycles. The molecule has 0 fully saturated rings. The number of halogens is 1. The van der Waals surface area contributed by atoms with Gasteiger partial charge in [0.25, 0.3) is 0 Å². The summed E-state index contributed by atoms with van der Waals surface area (Å²) < 4.78 is 12.8. The summed E-state index contributed by atoms with van der Waals surface area (Å²) in [7, 11) is 0. The van der Waals surface area contributed by atoms with Crippen LogP contribution in [0, 0.1) is 5.82 Å². The van der Waals surface area contributed by atoms with Crippen molar-refractivity contribution in [3.05, 3.63) is 46.2 Å². The fourth-order valence-electron chi connectivity index (χ4n) is 2.51. The number of nitrogens with zero attached hydrogens (tertiary/aromatic N) is 1. The lowest BCUT2D eigenvalue weighted by Gasteiger charge is -2.04. The molecule has 0 saturated carbocycles. The Morgan fingerprint density at radius 2 is 2.19 bits per heavy atom. The Morgan fingerprint density at radius 1 is 1.43 bits per heavy atom. The van der Waals surface area contributed by atoms with Crippen molar-refractivity contribution >= 4 is 22.4 Å². The van der Waals surface area contributed by atoms with E-state index in [1.807, 2.05) is 0 Å². The monoisotopic (exact) mass is 306 g/mol. The summed E-state index contributed by atoms with van der Waals surface area (Å²) in [6.07, 6.45) is 2.22. The van der Waals surface area contributed by atoms with E-state index < -0.39 is 11.9 Å². The van der Waals surface area contributed by atoms with Gasteiger partial charge in [-0.3, -0.25) is 4.79 Å². The van der Waals surface area contributed by atoms with Gasteiger partial charge in [-0.05, 0) is 37.0 Å². The Hall–Kier alpha value is -1.95. The summed E-state index contributed by atoms with van der Waals surface area (Å²) in [5.74, 6) is -1.48. The minimum atomic E-state index is -0.795. The third kappa shape index (κ3) is 3.05. The molecular weight excluding hydrogens is 291 g/mol. The molecule has 4 nitrogen and oxygen atoms in total. The number of benzene rings is 1. The van der Waals surface area contributed by atoms with Crippen LogP contribution in [0.15, 0.2) is 24.3 Å². The summed E-state index contributed by atoms with van der Waals surface area (Å²) >= 11 is 1.54. The zero-order chi connectivity index (χ0) is 14.8. The highest BCUT2D eigenvalue weighted by Gasteiger charge is 2.32. The molecule has 1 aromatic heterocycles. The molecule has 0 aliphatic heterocycles. The van der Waals surface area contributed by atoms with Crippen molar-refractivity contribution in [2.75, 3.05) is 11.9 Å². The van der Waals surface area contributed by atoms with E-state index in [2.05, 4.69) is 10.3 Å². The zero-order valence-electron chi connectivity index (χ0n) is 11.3. The highest BCUT2D eigenvalue weighted by Crippen LogP contribution is 2.38. The maximum atomic E-state index is 12.8. The van der Waals surface area contributed by atoms with Crippen molar-refractivity contribution in [3.8, 4) is 0 Å². The first-order valence-corrected chi connectivity index (χ1v) is 7.66. The quantitative estimate of drug-likeness (QED) is 0.891. The van der Waals surface area contributed by atoms with E-state index in [1.165, 1.54) is 23.5 Å². The number of hydrogen-bond donors (Lipinski definition) is 2. The smallest absolute Gasteiger partial charge is 0.312 e. The molecule has 2 N–H and O–H groups in total. The highest BCUT2D eigenvalue weighted by molar-refractivity contribution is 7.15. The van der Waals surface area contributed by atoms with Crippen LogP contribution in [-0.4, -0.2) is 22.6 Å². The molecule has 0 saturated heterocycles. The summed E-state index contributed by atoms with van der Waals surface area (Å²) in [4.78, 5) is 16.6. The van der Waals surface area contributed by atoms with Gasteiger partial charge in [0.1, 0.15) is 11.7 Å². The second kappa shape index (κ2) is 5.81. The minimum absolute atomic E-state index is 0.234. The average molecular weight is 306 g/mol. The number of carboxylic acid groups (broad SMARTS) is 1. The van der Waals surface area contributed by atoms with Gasteiger partial charge in [-0.15, -0.1) is 11.3 Å². The van der Waals surface area contributed by atoms with Crippen LogP contribution < -0.4 is 5.32 Å². The molecule has 110 valence electrons. The number of aliphatic carboxylic acids is 1. The van der Waals surface area contributed by atoms with Crippen molar-refractivity contribution in [2.24, 2.45) is 0 Å². The third-order valence-corrected chi connectivity index (χ3v) is 4.71. The van der Waals surface area contributed by atoms with E-state index in [-0.39, 0.29) is 5.82 Å². The number of carboxylic acids is 1. The number of fused-ring (bicyclic) bond motifs is 1. The lowest BCUT2D eigenvalue weighted by atomic mass is 10.1. The van der Waals surface area contributed by atoms with Crippen LogP contribution in [0.1, 0.15) is 28.5 Å². The molecular formula is C15H15FN2O2S. The molecule has 1 unspecified atom stereocenters. The van der Waals surface area contributed by atoms with Gasteiger partial charge in [-0.2, -0.15) is 0 Å². The number of anilines is 1. The molecule has 1 heterocycles. The Labute approximate surface area is 125 Å². The normalized spacial score (nSPS) is 16.7. The van der Waals surface area contributed by atoms with Crippen LogP contribution in [0.5, 0.6) is 0 Å². The second-order valence-corrected chi connectivity index (χ2v) is 6.14. The van der Waals surface area contributed by atoms with Crippen LogP contribution in [0.2, 0.25) is 0 Å². The van der Waals surface area contributed by atoms with Gasteiger partial charge >= 0.3 is 5.97 Å². The van der Waals surface area contributed by atoms with Gasteiger partial charge in [0.05, 0.1) is 5.69 Å². The number of hydrogen-bond acceptors (Lipinski definition) is 4. The molecule has 0 bridgehead atoms. The molecule has 1 aliphatic carbocycles. The summed E-state index contributed by atoms with van der Waals surface area (Å²) in [6, 6.07) is 6.42. The van der Waals surface area contributed by atoms with Gasteiger partial charge in [0, 0.05) is 11.4 Å². The van der Waals surface area contributed by atoms with Gasteiger partial charge < -0.3 is 10.4 Å². The van der Waals surface area contributed by atoms with E-state index >= 15 is 0 Å². The lowest BCUT2D eigenvalue weighted by molar-refractivity contribution is -0.138. The number of carbonyl (C=O) groups is 1. The molecule has 2 aromatic rings. The van der Waals surface area contributed by atoms with E-state index in [0.717, 1.165) is 34.1 Å². The molecule has 0 radical (unpaired) electrons. The number of aryl methyl sites for hydroxylation is 1. The summed E-state index contributed by atoms with van der Waals surface area (Å²) in [5.41, 5.74) is 1.77. The van der Waals surface area contributed by atoms with E-state index in [9.17, 15) is 9.18 Å². The minimum Gasteiger partial charge on any atom is -0.481 e. The SMILES string of the molecule is O=C(O)C1CCc2sc(NCCc3ccc(F)cc3)nc21. The zero-order valence-corrected chi connectivity index (χ0v) is 12.1. The lowest BCUT2D eigenvalue weighted by Crippen LogP contribution is -2.09. The first-order chi connectivity index (χ1) is 10.1. The van der Waals surface area contributed by atoms with Crippen molar-refractivity contribution in [2.45, 2.75) is 25.2 Å². The molecule has 1 atom stereocenters. The Balaban J connectivity index is 1.58. The van der Waals surface area contributed by atoms with Crippen molar-refractivity contribution < 1.29 is 14.3 Å². The second-order valence-electron chi connectivity index (χ2n) is 5.06. The Morgan fingerprint density at radius 3 is 2.90 bits per heavy atom. The number of rotatable bonds is 5. The first kappa shape index (κ1) is 14.0. The number of nitrogens with one attached hydrogen (secondary N) is 1. The standard InChI is InChI=1S/C15H15FN2O2S/c16-10-3-1-9(2-4-10)7-8-17-15-18-13-11(14(19)20)5-6-12(13)21-15/h1-4,11H,5-8H2,(H,17,18)(H,19,20). The fourth-order valence-corrected chi connectivity index (χ4v) is 3.57. The first-order valence-electron chi connectivity index (χ1n) is 6.84. The number of thiazole rings is 1. The topological polar surface area (TPSA) is 62.2 Å². The Bertz CT molecular complexity index is 654. The molecule has 0 amide bonds. The van der Waals surface area contributed by atoms with Gasteiger partial charge in [-0.1, -0.05) is 12.1 Å². The highest BCUT2D eigenvalue weighted by atomic mass is 32.1. The number of aromatic nitrogens is 1. The molecule has 21 heavy (non-hydrogen) atoms. The molecule has 3 rings (SSSR count). The van der Waals surface area contributed by atoms with Crippen molar-refractivity contribution in [1.29, 1.82) is 0 Å². The van der Waals surface area contributed by atoms with Gasteiger partial charge in [0.2, 0.25) is 0 Å².